The summed E-state index contributed by atoms with van der Waals surface area (Å²) in [5, 5.41) is 2.93. The van der Waals surface area contributed by atoms with Crippen molar-refractivity contribution in [1.29, 1.82) is 0 Å². The van der Waals surface area contributed by atoms with Crippen LogP contribution in [0.25, 0.3) is 0 Å². The van der Waals surface area contributed by atoms with Crippen molar-refractivity contribution in [1.82, 2.24) is 9.97 Å². The third kappa shape index (κ3) is 5.45. The number of rotatable bonds is 7. The highest BCUT2D eigenvalue weighted by molar-refractivity contribution is 7.99. The van der Waals surface area contributed by atoms with Gasteiger partial charge >= 0.3 is 0 Å². The van der Waals surface area contributed by atoms with Gasteiger partial charge in [-0.05, 0) is 56.2 Å². The van der Waals surface area contributed by atoms with Crippen LogP contribution >= 0.6 is 11.8 Å². The van der Waals surface area contributed by atoms with Crippen LogP contribution in [0.5, 0.6) is 0 Å². The maximum Gasteiger partial charge on any atom is 0.270 e. The van der Waals surface area contributed by atoms with Gasteiger partial charge in [-0.1, -0.05) is 29.5 Å². The lowest BCUT2D eigenvalue weighted by Gasteiger charge is -2.17. The molecule has 1 aliphatic rings. The molecule has 4 rings (SSSR count). The van der Waals surface area contributed by atoms with E-state index in [1.165, 1.54) is 12.1 Å². The fraction of sp³-hybridized carbons (Fsp3) is 0.261. The number of aromatic nitrogens is 2. The first-order valence-corrected chi connectivity index (χ1v) is 13.0. The Bertz CT molecular complexity index is 1300. The highest BCUT2D eigenvalue weighted by Crippen LogP contribution is 2.24. The Morgan fingerprint density at radius 3 is 2.39 bits per heavy atom. The van der Waals surface area contributed by atoms with Crippen LogP contribution in [-0.4, -0.2) is 43.1 Å². The number of aromatic amines is 1. The van der Waals surface area contributed by atoms with Crippen LogP contribution in [-0.2, 0) is 14.6 Å². The van der Waals surface area contributed by atoms with Crippen molar-refractivity contribution in [3.05, 3.63) is 70.6 Å². The van der Waals surface area contributed by atoms with E-state index in [0.717, 1.165) is 55.1 Å². The molecule has 0 bridgehead atoms. The Kier molecular flexibility index (Phi) is 6.85. The molecular formula is C23H24N4O4S2. The van der Waals surface area contributed by atoms with Gasteiger partial charge in [0.2, 0.25) is 15.7 Å². The van der Waals surface area contributed by atoms with Gasteiger partial charge in [0.05, 0.1) is 16.8 Å². The summed E-state index contributed by atoms with van der Waals surface area (Å²) in [5.41, 5.74) is 1.95. The summed E-state index contributed by atoms with van der Waals surface area (Å²) in [6.45, 7) is 3.87. The summed E-state index contributed by atoms with van der Waals surface area (Å²) in [4.78, 5) is 33.0. The second-order valence-electron chi connectivity index (χ2n) is 7.78. The first-order valence-electron chi connectivity index (χ1n) is 10.5. The number of aryl methyl sites for hydroxylation is 1. The smallest absolute Gasteiger partial charge is 0.270 e. The number of benzene rings is 2. The van der Waals surface area contributed by atoms with Crippen LogP contribution in [0.15, 0.2) is 74.5 Å². The quantitative estimate of drug-likeness (QED) is 0.391. The SMILES string of the molecule is Cc1ccc(NC(=O)CSc2ncc(S(=O)(=O)c3ccc(N4CCCC4)cc3)c(=O)[nH]2)cc1. The number of carbonyl (C=O) groups excluding carboxylic acids is 1. The van der Waals surface area contributed by atoms with Crippen LogP contribution in [0.3, 0.4) is 0 Å². The summed E-state index contributed by atoms with van der Waals surface area (Å²) < 4.78 is 25.9. The van der Waals surface area contributed by atoms with Crippen molar-refractivity contribution in [3.63, 3.8) is 0 Å². The molecule has 33 heavy (non-hydrogen) atoms. The van der Waals surface area contributed by atoms with E-state index in [4.69, 9.17) is 0 Å². The van der Waals surface area contributed by atoms with E-state index >= 15 is 0 Å². The predicted molar refractivity (Wildman–Crippen MR) is 129 cm³/mol. The second-order valence-corrected chi connectivity index (χ2v) is 10.7. The maximum absolute atomic E-state index is 12.9. The highest BCUT2D eigenvalue weighted by Gasteiger charge is 2.23. The van der Waals surface area contributed by atoms with Crippen LogP contribution in [0.2, 0.25) is 0 Å². The summed E-state index contributed by atoms with van der Waals surface area (Å²) in [6.07, 6.45) is 3.29. The lowest BCUT2D eigenvalue weighted by Crippen LogP contribution is -2.20. The highest BCUT2D eigenvalue weighted by atomic mass is 32.2. The third-order valence-corrected chi connectivity index (χ3v) is 7.98. The van der Waals surface area contributed by atoms with Crippen molar-refractivity contribution in [2.24, 2.45) is 0 Å². The van der Waals surface area contributed by atoms with E-state index in [9.17, 15) is 18.0 Å². The zero-order chi connectivity index (χ0) is 23.4. The molecule has 2 N–H and O–H groups in total. The second kappa shape index (κ2) is 9.80. The Balaban J connectivity index is 1.42. The number of amides is 1. The largest absolute Gasteiger partial charge is 0.372 e. The normalized spacial score (nSPS) is 13.8. The van der Waals surface area contributed by atoms with Gasteiger partial charge in [0.15, 0.2) is 10.1 Å². The molecule has 3 aromatic rings. The molecule has 8 nitrogen and oxygen atoms in total. The van der Waals surface area contributed by atoms with Crippen LogP contribution in [0.1, 0.15) is 18.4 Å². The van der Waals surface area contributed by atoms with Gasteiger partial charge in [0.1, 0.15) is 0 Å². The Hall–Kier alpha value is -3.11. The molecule has 0 atom stereocenters. The molecule has 1 aliphatic heterocycles. The summed E-state index contributed by atoms with van der Waals surface area (Å²) >= 11 is 1.02. The van der Waals surface area contributed by atoms with Gasteiger partial charge in [-0.2, -0.15) is 0 Å². The predicted octanol–water partition coefficient (Wildman–Crippen LogP) is 3.24. The minimum atomic E-state index is -4.02. The molecule has 0 aliphatic carbocycles. The minimum Gasteiger partial charge on any atom is -0.372 e. The minimum absolute atomic E-state index is 0.0148. The van der Waals surface area contributed by atoms with Gasteiger partial charge in [-0.25, -0.2) is 13.4 Å². The van der Waals surface area contributed by atoms with Crippen molar-refractivity contribution in [2.45, 2.75) is 34.7 Å². The topological polar surface area (TPSA) is 112 Å². The standard InChI is InChI=1S/C23H24N4O4S2/c1-16-4-6-17(7-5-16)25-21(28)15-32-23-24-14-20(22(29)26-23)33(30,31)19-10-8-18(9-11-19)27-12-2-3-13-27/h4-11,14H,2-3,12-13,15H2,1H3,(H,25,28)(H,24,26,29). The summed E-state index contributed by atoms with van der Waals surface area (Å²) in [7, 11) is -4.02. The third-order valence-electron chi connectivity index (χ3n) is 5.33. The number of hydrogen-bond acceptors (Lipinski definition) is 7. The van der Waals surface area contributed by atoms with Gasteiger partial charge in [-0.3, -0.25) is 9.59 Å². The fourth-order valence-corrected chi connectivity index (χ4v) is 5.40. The monoisotopic (exact) mass is 484 g/mol. The number of sulfone groups is 1. The number of anilines is 2. The van der Waals surface area contributed by atoms with Crippen LogP contribution in [0, 0.1) is 6.92 Å². The van der Waals surface area contributed by atoms with E-state index in [1.807, 2.05) is 19.1 Å². The maximum atomic E-state index is 12.9. The van der Waals surface area contributed by atoms with Crippen LogP contribution < -0.4 is 15.8 Å². The van der Waals surface area contributed by atoms with E-state index in [2.05, 4.69) is 20.2 Å². The number of thioether (sulfide) groups is 1. The molecule has 10 heteroatoms. The molecule has 0 unspecified atom stereocenters. The van der Waals surface area contributed by atoms with E-state index < -0.39 is 20.3 Å². The molecule has 1 fully saturated rings. The van der Waals surface area contributed by atoms with E-state index in [-0.39, 0.29) is 21.7 Å². The fourth-order valence-electron chi connectivity index (χ4n) is 3.54. The van der Waals surface area contributed by atoms with Gasteiger partial charge in [-0.15, -0.1) is 0 Å². The number of carbonyl (C=O) groups is 1. The summed E-state index contributed by atoms with van der Waals surface area (Å²) in [5.74, 6) is -0.248. The van der Waals surface area contributed by atoms with Crippen LogP contribution in [0.4, 0.5) is 11.4 Å². The molecule has 0 spiro atoms. The Labute approximate surface area is 196 Å². The van der Waals surface area contributed by atoms with Gasteiger partial charge < -0.3 is 15.2 Å². The Morgan fingerprint density at radius 1 is 1.09 bits per heavy atom. The number of nitrogens with one attached hydrogen (secondary N) is 2. The summed E-state index contributed by atoms with van der Waals surface area (Å²) in [6, 6.07) is 13.9. The first kappa shape index (κ1) is 23.1. The molecule has 1 amide bonds. The van der Waals surface area contributed by atoms with Crippen molar-refractivity contribution in [2.75, 3.05) is 29.1 Å². The molecule has 1 aromatic heterocycles. The number of nitrogens with zero attached hydrogens (tertiary/aromatic N) is 2. The molecule has 0 saturated carbocycles. The van der Waals surface area contributed by atoms with Gasteiger partial charge in [0.25, 0.3) is 5.56 Å². The lowest BCUT2D eigenvalue weighted by atomic mass is 10.2. The molecular weight excluding hydrogens is 460 g/mol. The van der Waals surface area contributed by atoms with E-state index in [1.54, 1.807) is 24.3 Å². The molecule has 2 aromatic carbocycles. The number of H-pyrrole nitrogens is 1. The average molecular weight is 485 g/mol. The molecule has 2 heterocycles. The zero-order valence-electron chi connectivity index (χ0n) is 18.1. The molecule has 1 saturated heterocycles. The zero-order valence-corrected chi connectivity index (χ0v) is 19.7. The molecule has 0 radical (unpaired) electrons. The van der Waals surface area contributed by atoms with Crippen molar-refractivity contribution < 1.29 is 13.2 Å². The van der Waals surface area contributed by atoms with Crippen molar-refractivity contribution in [3.8, 4) is 0 Å². The lowest BCUT2D eigenvalue weighted by molar-refractivity contribution is -0.113. The van der Waals surface area contributed by atoms with E-state index in [0.29, 0.717) is 5.69 Å². The first-order chi connectivity index (χ1) is 15.8. The molecule has 172 valence electrons. The van der Waals surface area contributed by atoms with Gasteiger partial charge in [0, 0.05) is 24.5 Å². The number of hydrogen-bond donors (Lipinski definition) is 2. The Morgan fingerprint density at radius 2 is 1.76 bits per heavy atom. The van der Waals surface area contributed by atoms with Crippen molar-refractivity contribution >= 4 is 38.9 Å². The average Bonchev–Trinajstić information content (AvgIpc) is 3.34.